The van der Waals surface area contributed by atoms with E-state index in [4.69, 9.17) is 5.11 Å². The third-order valence-corrected chi connectivity index (χ3v) is 2.22. The molecule has 1 amide bonds. The molecule has 4 nitrogen and oxygen atoms in total. The maximum atomic E-state index is 11.3. The number of amides is 1. The molecule has 1 atom stereocenters. The number of carboxylic acid groups (broad SMARTS) is 1. The molecule has 0 aliphatic rings. The predicted molar refractivity (Wildman–Crippen MR) is 64.5 cm³/mol. The van der Waals surface area contributed by atoms with Crippen LogP contribution in [0.25, 0.3) is 0 Å². The van der Waals surface area contributed by atoms with Crippen molar-refractivity contribution >= 4 is 11.9 Å². The first-order valence-corrected chi connectivity index (χ1v) is 5.33. The van der Waals surface area contributed by atoms with Gasteiger partial charge >= 0.3 is 5.97 Å². The summed E-state index contributed by atoms with van der Waals surface area (Å²) in [4.78, 5) is 22.3. The molecule has 0 aliphatic carbocycles. The highest BCUT2D eigenvalue weighted by Crippen LogP contribution is 2.03. The van der Waals surface area contributed by atoms with E-state index >= 15 is 0 Å². The summed E-state index contributed by atoms with van der Waals surface area (Å²) < 4.78 is 0. The van der Waals surface area contributed by atoms with E-state index in [0.717, 1.165) is 5.56 Å². The highest BCUT2D eigenvalue weighted by Gasteiger charge is 2.18. The van der Waals surface area contributed by atoms with Gasteiger partial charge in [-0.2, -0.15) is 0 Å². The molecule has 2 N–H and O–H groups in total. The zero-order valence-corrected chi connectivity index (χ0v) is 9.59. The van der Waals surface area contributed by atoms with Gasteiger partial charge in [0.25, 0.3) is 0 Å². The van der Waals surface area contributed by atoms with E-state index in [0.29, 0.717) is 0 Å². The van der Waals surface area contributed by atoms with E-state index in [1.165, 1.54) is 6.08 Å². The number of hydrogen-bond acceptors (Lipinski definition) is 2. The van der Waals surface area contributed by atoms with Crippen LogP contribution in [0.1, 0.15) is 12.5 Å². The maximum Gasteiger partial charge on any atom is 0.326 e. The summed E-state index contributed by atoms with van der Waals surface area (Å²) >= 11 is 0. The Hall–Kier alpha value is -2.10. The van der Waals surface area contributed by atoms with E-state index in [1.54, 1.807) is 13.0 Å². The van der Waals surface area contributed by atoms with E-state index in [-0.39, 0.29) is 6.42 Å². The Morgan fingerprint density at radius 2 is 2.00 bits per heavy atom. The fourth-order valence-electron chi connectivity index (χ4n) is 1.42. The molecule has 0 radical (unpaired) electrons. The van der Waals surface area contributed by atoms with Crippen LogP contribution in [-0.2, 0) is 16.0 Å². The van der Waals surface area contributed by atoms with Crippen LogP contribution >= 0.6 is 0 Å². The Morgan fingerprint density at radius 1 is 1.35 bits per heavy atom. The average molecular weight is 233 g/mol. The quantitative estimate of drug-likeness (QED) is 0.755. The zero-order chi connectivity index (χ0) is 12.7. The molecule has 4 heteroatoms. The molecule has 1 unspecified atom stereocenters. The standard InChI is InChI=1S/C13H15NO3/c1-2-6-12(15)14-11(13(16)17)9-10-7-4-3-5-8-10/h2-8,11H,9H2,1H3,(H,14,15)(H,16,17)/b6-2+. The fraction of sp³-hybridized carbons (Fsp3) is 0.231. The van der Waals surface area contributed by atoms with Crippen molar-refractivity contribution in [1.29, 1.82) is 0 Å². The van der Waals surface area contributed by atoms with E-state index < -0.39 is 17.9 Å². The van der Waals surface area contributed by atoms with Crippen LogP contribution in [0, 0.1) is 0 Å². The molecule has 17 heavy (non-hydrogen) atoms. The van der Waals surface area contributed by atoms with Crippen molar-refractivity contribution in [1.82, 2.24) is 5.32 Å². The van der Waals surface area contributed by atoms with Crippen molar-refractivity contribution in [2.24, 2.45) is 0 Å². The molecule has 1 aromatic rings. The van der Waals surface area contributed by atoms with E-state index in [1.807, 2.05) is 30.3 Å². The molecule has 1 aromatic carbocycles. The van der Waals surface area contributed by atoms with Gasteiger partial charge in [0, 0.05) is 6.42 Å². The summed E-state index contributed by atoms with van der Waals surface area (Å²) in [6.07, 6.45) is 3.15. The summed E-state index contributed by atoms with van der Waals surface area (Å²) in [5.41, 5.74) is 0.876. The van der Waals surface area contributed by atoms with Gasteiger partial charge in [-0.3, -0.25) is 4.79 Å². The molecular weight excluding hydrogens is 218 g/mol. The Labute approximate surface area is 100.0 Å². The summed E-state index contributed by atoms with van der Waals surface area (Å²) in [5, 5.41) is 11.5. The predicted octanol–water partition coefficient (Wildman–Crippen LogP) is 1.37. The SMILES string of the molecule is C/C=C/C(=O)NC(Cc1ccccc1)C(=O)O. The van der Waals surface area contributed by atoms with Gasteiger partial charge in [-0.25, -0.2) is 4.79 Å². The number of carbonyl (C=O) groups excluding carboxylic acids is 1. The van der Waals surface area contributed by atoms with Gasteiger partial charge in [-0.05, 0) is 18.6 Å². The summed E-state index contributed by atoms with van der Waals surface area (Å²) in [6.45, 7) is 1.70. The first-order valence-electron chi connectivity index (χ1n) is 5.33. The van der Waals surface area contributed by atoms with Crippen LogP contribution < -0.4 is 5.32 Å². The number of hydrogen-bond donors (Lipinski definition) is 2. The zero-order valence-electron chi connectivity index (χ0n) is 9.59. The molecule has 0 spiro atoms. The van der Waals surface area contributed by atoms with Gasteiger partial charge < -0.3 is 10.4 Å². The van der Waals surface area contributed by atoms with Crippen LogP contribution in [0.2, 0.25) is 0 Å². The van der Waals surface area contributed by atoms with Gasteiger partial charge in [0.2, 0.25) is 5.91 Å². The minimum Gasteiger partial charge on any atom is -0.480 e. The highest BCUT2D eigenvalue weighted by molar-refractivity contribution is 5.91. The molecule has 0 aliphatic heterocycles. The smallest absolute Gasteiger partial charge is 0.326 e. The second-order valence-electron chi connectivity index (χ2n) is 3.59. The Bertz CT molecular complexity index is 412. The molecule has 0 bridgehead atoms. The Kier molecular flexibility index (Phi) is 4.94. The second kappa shape index (κ2) is 6.48. The second-order valence-corrected chi connectivity index (χ2v) is 3.59. The average Bonchev–Trinajstić information content (AvgIpc) is 2.29. The summed E-state index contributed by atoms with van der Waals surface area (Å²) in [5.74, 6) is -1.43. The van der Waals surface area contributed by atoms with E-state index in [9.17, 15) is 9.59 Å². The fourth-order valence-corrected chi connectivity index (χ4v) is 1.42. The number of allylic oxidation sites excluding steroid dienone is 1. The van der Waals surface area contributed by atoms with Crippen LogP contribution in [-0.4, -0.2) is 23.0 Å². The van der Waals surface area contributed by atoms with Crippen molar-refractivity contribution in [3.05, 3.63) is 48.0 Å². The molecule has 0 aromatic heterocycles. The van der Waals surface area contributed by atoms with Crippen molar-refractivity contribution in [2.45, 2.75) is 19.4 Å². The largest absolute Gasteiger partial charge is 0.480 e. The first-order chi connectivity index (χ1) is 8.13. The number of rotatable bonds is 5. The molecular formula is C13H15NO3. The molecule has 0 fully saturated rings. The molecule has 0 saturated heterocycles. The molecule has 0 saturated carbocycles. The lowest BCUT2D eigenvalue weighted by molar-refractivity contribution is -0.141. The minimum atomic E-state index is -1.04. The molecule has 0 heterocycles. The van der Waals surface area contributed by atoms with Crippen LogP contribution in [0.15, 0.2) is 42.5 Å². The van der Waals surface area contributed by atoms with Crippen molar-refractivity contribution in [3.8, 4) is 0 Å². The monoisotopic (exact) mass is 233 g/mol. The Morgan fingerprint density at radius 3 is 2.53 bits per heavy atom. The Balaban J connectivity index is 2.67. The van der Waals surface area contributed by atoms with Crippen LogP contribution in [0.5, 0.6) is 0 Å². The van der Waals surface area contributed by atoms with Gasteiger partial charge in [0.1, 0.15) is 6.04 Å². The minimum absolute atomic E-state index is 0.277. The maximum absolute atomic E-state index is 11.3. The van der Waals surface area contributed by atoms with E-state index in [2.05, 4.69) is 5.32 Å². The lowest BCUT2D eigenvalue weighted by Gasteiger charge is -2.13. The van der Waals surface area contributed by atoms with Crippen LogP contribution in [0.3, 0.4) is 0 Å². The van der Waals surface area contributed by atoms with Gasteiger partial charge in [0.15, 0.2) is 0 Å². The number of nitrogens with one attached hydrogen (secondary N) is 1. The summed E-state index contributed by atoms with van der Waals surface area (Å²) in [6, 6.07) is 8.29. The lowest BCUT2D eigenvalue weighted by Crippen LogP contribution is -2.41. The van der Waals surface area contributed by atoms with Crippen molar-refractivity contribution < 1.29 is 14.7 Å². The van der Waals surface area contributed by atoms with Crippen molar-refractivity contribution in [3.63, 3.8) is 0 Å². The lowest BCUT2D eigenvalue weighted by atomic mass is 10.1. The van der Waals surface area contributed by atoms with Gasteiger partial charge in [-0.15, -0.1) is 0 Å². The number of benzene rings is 1. The van der Waals surface area contributed by atoms with Crippen molar-refractivity contribution in [2.75, 3.05) is 0 Å². The number of aliphatic carboxylic acids is 1. The third-order valence-electron chi connectivity index (χ3n) is 2.22. The van der Waals surface area contributed by atoms with Crippen LogP contribution in [0.4, 0.5) is 0 Å². The first kappa shape index (κ1) is 13.0. The summed E-state index contributed by atoms with van der Waals surface area (Å²) in [7, 11) is 0. The topological polar surface area (TPSA) is 66.4 Å². The third kappa shape index (κ3) is 4.51. The molecule has 90 valence electrons. The number of carbonyl (C=O) groups is 2. The number of carboxylic acids is 1. The highest BCUT2D eigenvalue weighted by atomic mass is 16.4. The van der Waals surface area contributed by atoms with Gasteiger partial charge in [-0.1, -0.05) is 36.4 Å². The molecule has 1 rings (SSSR count). The normalized spacial score (nSPS) is 12.3. The van der Waals surface area contributed by atoms with Gasteiger partial charge in [0.05, 0.1) is 0 Å².